The molecule has 4 rings (SSSR count). The van der Waals surface area contributed by atoms with Crippen molar-refractivity contribution in [2.24, 2.45) is 0 Å². The smallest absolute Gasteiger partial charge is 0.243 e. The van der Waals surface area contributed by atoms with Crippen molar-refractivity contribution in [1.82, 2.24) is 30.8 Å². The van der Waals surface area contributed by atoms with Crippen molar-refractivity contribution in [2.75, 3.05) is 13.7 Å². The van der Waals surface area contributed by atoms with Crippen molar-refractivity contribution >= 4 is 5.91 Å². The Kier molecular flexibility index (Phi) is 4.40. The maximum absolute atomic E-state index is 12.6. The van der Waals surface area contributed by atoms with Gasteiger partial charge in [0.1, 0.15) is 11.8 Å². The molecule has 134 valence electrons. The Hall–Kier alpha value is -3.13. The van der Waals surface area contributed by atoms with Crippen LogP contribution in [0.15, 0.2) is 36.8 Å². The second-order valence-corrected chi connectivity index (χ2v) is 6.12. The van der Waals surface area contributed by atoms with Gasteiger partial charge in [0.2, 0.25) is 5.91 Å². The van der Waals surface area contributed by atoms with E-state index in [2.05, 4.69) is 30.8 Å². The first-order valence-electron chi connectivity index (χ1n) is 8.46. The molecule has 0 bridgehead atoms. The average molecular weight is 352 g/mol. The van der Waals surface area contributed by atoms with Gasteiger partial charge in [-0.2, -0.15) is 5.10 Å². The number of nitrogens with zero attached hydrogens (tertiary/aromatic N) is 2. The second kappa shape index (κ2) is 7.01. The normalized spacial score (nSPS) is 16.1. The van der Waals surface area contributed by atoms with E-state index in [1.165, 1.54) is 0 Å². The molecule has 1 aliphatic rings. The highest BCUT2D eigenvalue weighted by molar-refractivity contribution is 5.83. The molecule has 1 atom stereocenters. The molecule has 8 heteroatoms. The monoisotopic (exact) mass is 352 g/mol. The number of H-pyrrole nitrogens is 2. The van der Waals surface area contributed by atoms with Crippen LogP contribution in [0, 0.1) is 0 Å². The number of amides is 1. The van der Waals surface area contributed by atoms with Crippen molar-refractivity contribution < 1.29 is 9.53 Å². The first-order chi connectivity index (χ1) is 12.8. The zero-order valence-corrected chi connectivity index (χ0v) is 14.4. The molecule has 26 heavy (non-hydrogen) atoms. The molecule has 3 heterocycles. The van der Waals surface area contributed by atoms with Crippen molar-refractivity contribution in [2.45, 2.75) is 19.0 Å². The van der Waals surface area contributed by atoms with Crippen molar-refractivity contribution in [3.05, 3.63) is 53.7 Å². The Morgan fingerprint density at radius 3 is 3.00 bits per heavy atom. The van der Waals surface area contributed by atoms with Crippen LogP contribution in [-0.2, 0) is 17.8 Å². The Bertz CT molecular complexity index is 899. The van der Waals surface area contributed by atoms with Crippen LogP contribution in [0.1, 0.15) is 23.0 Å². The van der Waals surface area contributed by atoms with E-state index < -0.39 is 6.04 Å². The number of imidazole rings is 1. The number of rotatable bonds is 5. The fourth-order valence-corrected chi connectivity index (χ4v) is 3.17. The summed E-state index contributed by atoms with van der Waals surface area (Å²) in [7, 11) is 1.64. The summed E-state index contributed by atoms with van der Waals surface area (Å²) in [6.07, 6.45) is 4.21. The molecule has 2 aromatic heterocycles. The molecule has 0 unspecified atom stereocenters. The molecular weight excluding hydrogens is 332 g/mol. The molecule has 3 aromatic rings. The summed E-state index contributed by atoms with van der Waals surface area (Å²) in [6.45, 7) is 1.13. The van der Waals surface area contributed by atoms with Gasteiger partial charge in [0, 0.05) is 36.3 Å². The van der Waals surface area contributed by atoms with Crippen LogP contribution in [0.4, 0.5) is 0 Å². The summed E-state index contributed by atoms with van der Waals surface area (Å²) in [4.78, 5) is 20.0. The Morgan fingerprint density at radius 1 is 1.35 bits per heavy atom. The standard InChI is InChI=1S/C18H20N6O2/c1-26-13-4-2-11(3-5-13)15-12(9-23-24-15)8-20-18(25)17-16-14(6-7-19-17)21-10-22-16/h2-5,9-10,17,19H,6-8H2,1H3,(H,20,25)(H,21,22)(H,23,24)/t17-/m1/s1. The van der Waals surface area contributed by atoms with Crippen LogP contribution in [0.5, 0.6) is 5.75 Å². The largest absolute Gasteiger partial charge is 0.497 e. The third-order valence-corrected chi connectivity index (χ3v) is 4.56. The Balaban J connectivity index is 1.46. The molecule has 0 spiro atoms. The van der Waals surface area contributed by atoms with Crippen LogP contribution < -0.4 is 15.4 Å². The van der Waals surface area contributed by atoms with E-state index in [1.807, 2.05) is 24.3 Å². The fraction of sp³-hybridized carbons (Fsp3) is 0.278. The number of hydrogen-bond acceptors (Lipinski definition) is 5. The zero-order valence-electron chi connectivity index (χ0n) is 14.4. The van der Waals surface area contributed by atoms with Crippen LogP contribution >= 0.6 is 0 Å². The minimum Gasteiger partial charge on any atom is -0.497 e. The van der Waals surface area contributed by atoms with E-state index in [0.29, 0.717) is 6.54 Å². The minimum atomic E-state index is -0.429. The summed E-state index contributed by atoms with van der Waals surface area (Å²) in [5.41, 5.74) is 4.58. The summed E-state index contributed by atoms with van der Waals surface area (Å²) in [5, 5.41) is 13.3. The van der Waals surface area contributed by atoms with Gasteiger partial charge in [-0.25, -0.2) is 4.98 Å². The van der Waals surface area contributed by atoms with Crippen LogP contribution in [0.2, 0.25) is 0 Å². The molecule has 1 aromatic carbocycles. The van der Waals surface area contributed by atoms with Crippen LogP contribution in [-0.4, -0.2) is 39.7 Å². The van der Waals surface area contributed by atoms with E-state index in [1.54, 1.807) is 19.6 Å². The summed E-state index contributed by atoms with van der Waals surface area (Å²) in [5.74, 6) is 0.696. The third-order valence-electron chi connectivity index (χ3n) is 4.56. The number of fused-ring (bicyclic) bond motifs is 1. The molecule has 0 fully saturated rings. The fourth-order valence-electron chi connectivity index (χ4n) is 3.17. The minimum absolute atomic E-state index is 0.0973. The molecule has 0 radical (unpaired) electrons. The van der Waals surface area contributed by atoms with Crippen molar-refractivity contribution in [3.63, 3.8) is 0 Å². The van der Waals surface area contributed by atoms with Gasteiger partial charge in [-0.05, 0) is 24.3 Å². The predicted molar refractivity (Wildman–Crippen MR) is 95.5 cm³/mol. The third kappa shape index (κ3) is 3.06. The van der Waals surface area contributed by atoms with Gasteiger partial charge >= 0.3 is 0 Å². The van der Waals surface area contributed by atoms with Gasteiger partial charge in [0.05, 0.1) is 31.0 Å². The number of hydrogen-bond donors (Lipinski definition) is 4. The number of aromatic nitrogens is 4. The zero-order chi connectivity index (χ0) is 17.9. The molecule has 1 amide bonds. The molecule has 0 saturated carbocycles. The Morgan fingerprint density at radius 2 is 2.19 bits per heavy atom. The number of carbonyl (C=O) groups excluding carboxylic acids is 1. The van der Waals surface area contributed by atoms with E-state index in [4.69, 9.17) is 4.74 Å². The maximum atomic E-state index is 12.6. The Labute approximate surface area is 150 Å². The summed E-state index contributed by atoms with van der Waals surface area (Å²) < 4.78 is 5.19. The average Bonchev–Trinajstić information content (AvgIpc) is 3.35. The highest BCUT2D eigenvalue weighted by Crippen LogP contribution is 2.24. The van der Waals surface area contributed by atoms with E-state index in [0.717, 1.165) is 46.9 Å². The molecule has 1 aliphatic heterocycles. The maximum Gasteiger partial charge on any atom is 0.243 e. The van der Waals surface area contributed by atoms with Crippen LogP contribution in [0.3, 0.4) is 0 Å². The van der Waals surface area contributed by atoms with E-state index >= 15 is 0 Å². The SMILES string of the molecule is COc1ccc(-c2[nH]ncc2CNC(=O)[C@@H]2NCCc3[nH]cnc32)cc1. The summed E-state index contributed by atoms with van der Waals surface area (Å²) in [6, 6.07) is 7.27. The number of methoxy groups -OCH3 is 1. The van der Waals surface area contributed by atoms with E-state index in [-0.39, 0.29) is 5.91 Å². The van der Waals surface area contributed by atoms with Gasteiger partial charge in [-0.15, -0.1) is 0 Å². The van der Waals surface area contributed by atoms with Gasteiger partial charge in [0.25, 0.3) is 0 Å². The molecule has 0 saturated heterocycles. The van der Waals surface area contributed by atoms with E-state index in [9.17, 15) is 4.79 Å². The number of aromatic amines is 2. The topological polar surface area (TPSA) is 108 Å². The lowest BCUT2D eigenvalue weighted by molar-refractivity contribution is -0.123. The first-order valence-corrected chi connectivity index (χ1v) is 8.46. The quantitative estimate of drug-likeness (QED) is 0.554. The number of carbonyl (C=O) groups is 1. The van der Waals surface area contributed by atoms with Gasteiger partial charge in [-0.3, -0.25) is 9.89 Å². The molecule has 8 nitrogen and oxygen atoms in total. The first kappa shape index (κ1) is 16.3. The van der Waals surface area contributed by atoms with Gasteiger partial charge < -0.3 is 20.4 Å². The molecular formula is C18H20N6O2. The highest BCUT2D eigenvalue weighted by Gasteiger charge is 2.28. The number of nitrogens with one attached hydrogen (secondary N) is 4. The van der Waals surface area contributed by atoms with Gasteiger partial charge in [0.15, 0.2) is 0 Å². The number of benzene rings is 1. The molecule has 4 N–H and O–H groups in total. The van der Waals surface area contributed by atoms with Crippen molar-refractivity contribution in [3.8, 4) is 17.0 Å². The van der Waals surface area contributed by atoms with Gasteiger partial charge in [-0.1, -0.05) is 0 Å². The van der Waals surface area contributed by atoms with Crippen LogP contribution in [0.25, 0.3) is 11.3 Å². The second-order valence-electron chi connectivity index (χ2n) is 6.12. The molecule has 0 aliphatic carbocycles. The summed E-state index contributed by atoms with van der Waals surface area (Å²) >= 11 is 0. The number of ether oxygens (including phenoxy) is 1. The lowest BCUT2D eigenvalue weighted by Gasteiger charge is -2.22. The lowest BCUT2D eigenvalue weighted by atomic mass is 10.0. The lowest BCUT2D eigenvalue weighted by Crippen LogP contribution is -2.41. The predicted octanol–water partition coefficient (Wildman–Crippen LogP) is 1.31. The highest BCUT2D eigenvalue weighted by atomic mass is 16.5. The van der Waals surface area contributed by atoms with Crippen molar-refractivity contribution in [1.29, 1.82) is 0 Å².